The summed E-state index contributed by atoms with van der Waals surface area (Å²) in [6.07, 6.45) is 3.07. The molecule has 28 heavy (non-hydrogen) atoms. The van der Waals surface area contributed by atoms with Crippen LogP contribution in [-0.4, -0.2) is 38.6 Å². The van der Waals surface area contributed by atoms with Crippen LogP contribution >= 0.6 is 11.6 Å². The molecule has 142 valence electrons. The van der Waals surface area contributed by atoms with E-state index in [1.165, 1.54) is 10.9 Å². The van der Waals surface area contributed by atoms with E-state index in [0.717, 1.165) is 16.7 Å². The third-order valence-corrected chi connectivity index (χ3v) is 4.96. The highest BCUT2D eigenvalue weighted by Gasteiger charge is 2.17. The van der Waals surface area contributed by atoms with E-state index in [-0.39, 0.29) is 12.2 Å². The lowest BCUT2D eigenvalue weighted by Gasteiger charge is -2.18. The first-order valence-corrected chi connectivity index (χ1v) is 8.95. The Kier molecular flexibility index (Phi) is 4.85. The first-order chi connectivity index (χ1) is 13.6. The van der Waals surface area contributed by atoms with Crippen LogP contribution in [0.1, 0.15) is 11.6 Å². The zero-order valence-electron chi connectivity index (χ0n) is 15.0. The molecule has 4 rings (SSSR count). The molecule has 2 N–H and O–H groups in total. The zero-order chi connectivity index (χ0) is 19.7. The van der Waals surface area contributed by atoms with Crippen LogP contribution in [0.3, 0.4) is 0 Å². The van der Waals surface area contributed by atoms with Gasteiger partial charge in [-0.15, -0.1) is 0 Å². The van der Waals surface area contributed by atoms with Crippen molar-refractivity contribution in [1.82, 2.24) is 19.7 Å². The number of aromatic amines is 1. The molecule has 0 saturated heterocycles. The number of benzene rings is 2. The second-order valence-corrected chi connectivity index (χ2v) is 6.64. The van der Waals surface area contributed by atoms with E-state index >= 15 is 0 Å². The number of ether oxygens (including phenoxy) is 1. The van der Waals surface area contributed by atoms with E-state index in [4.69, 9.17) is 16.3 Å². The van der Waals surface area contributed by atoms with Gasteiger partial charge in [0.25, 0.3) is 5.56 Å². The lowest BCUT2D eigenvalue weighted by Crippen LogP contribution is -2.28. The van der Waals surface area contributed by atoms with Crippen LogP contribution in [0.5, 0.6) is 5.75 Å². The lowest BCUT2D eigenvalue weighted by molar-refractivity contribution is 0.246. The molecule has 2 heterocycles. The van der Waals surface area contributed by atoms with Crippen LogP contribution in [0, 0.1) is 0 Å². The molecule has 0 bridgehead atoms. The summed E-state index contributed by atoms with van der Waals surface area (Å²) in [4.78, 5) is 17.5. The van der Waals surface area contributed by atoms with Crippen molar-refractivity contribution >= 4 is 22.5 Å². The Morgan fingerprint density at radius 3 is 2.86 bits per heavy atom. The molecule has 4 aromatic rings. The molecule has 2 aromatic heterocycles. The Morgan fingerprint density at radius 2 is 2.14 bits per heavy atom. The number of nitrogens with zero attached hydrogens (tertiary/aromatic N) is 3. The van der Waals surface area contributed by atoms with Crippen molar-refractivity contribution < 1.29 is 9.84 Å². The number of hydrogen-bond donors (Lipinski definition) is 2. The van der Waals surface area contributed by atoms with Crippen molar-refractivity contribution in [3.63, 3.8) is 0 Å². The van der Waals surface area contributed by atoms with Crippen molar-refractivity contribution in [3.05, 3.63) is 76.1 Å². The summed E-state index contributed by atoms with van der Waals surface area (Å²) in [7, 11) is 1.57. The van der Waals surface area contributed by atoms with Crippen molar-refractivity contribution in [2.24, 2.45) is 0 Å². The van der Waals surface area contributed by atoms with Crippen LogP contribution in [0.15, 0.2) is 59.8 Å². The fourth-order valence-corrected chi connectivity index (χ4v) is 3.41. The summed E-state index contributed by atoms with van der Waals surface area (Å²) in [6.45, 7) is -0.247. The highest BCUT2D eigenvalue weighted by atomic mass is 35.5. The van der Waals surface area contributed by atoms with Gasteiger partial charge < -0.3 is 9.84 Å². The summed E-state index contributed by atoms with van der Waals surface area (Å²) in [5, 5.41) is 17.4. The summed E-state index contributed by atoms with van der Waals surface area (Å²) in [6, 6.07) is 12.0. The summed E-state index contributed by atoms with van der Waals surface area (Å²) in [5.41, 5.74) is 2.60. The Morgan fingerprint density at radius 1 is 1.29 bits per heavy atom. The second-order valence-electron chi connectivity index (χ2n) is 6.26. The lowest BCUT2D eigenvalue weighted by atomic mass is 10.1. The van der Waals surface area contributed by atoms with Gasteiger partial charge in [0.2, 0.25) is 0 Å². The third kappa shape index (κ3) is 3.15. The SMILES string of the molecule is COc1cccc(C(CO)n2cnc3cc(-c4cn[nH]c4Cl)ccc3c2=O)c1. The number of fused-ring (bicyclic) bond motifs is 1. The summed E-state index contributed by atoms with van der Waals surface area (Å²) < 4.78 is 6.67. The number of aliphatic hydroxyl groups is 1. The maximum absolute atomic E-state index is 13.1. The maximum atomic E-state index is 13.1. The minimum absolute atomic E-state index is 0.239. The Balaban J connectivity index is 1.81. The van der Waals surface area contributed by atoms with Crippen LogP contribution in [-0.2, 0) is 0 Å². The highest BCUT2D eigenvalue weighted by molar-refractivity contribution is 6.32. The molecular formula is C20H17ClN4O3. The van der Waals surface area contributed by atoms with E-state index in [1.54, 1.807) is 37.6 Å². The fourth-order valence-electron chi connectivity index (χ4n) is 3.20. The molecule has 0 aliphatic heterocycles. The van der Waals surface area contributed by atoms with E-state index in [9.17, 15) is 9.90 Å². The molecule has 7 nitrogen and oxygen atoms in total. The minimum atomic E-state index is -0.567. The number of H-pyrrole nitrogens is 1. The van der Waals surface area contributed by atoms with Crippen molar-refractivity contribution in [1.29, 1.82) is 0 Å². The Hall–Kier alpha value is -3.16. The molecule has 1 atom stereocenters. The molecule has 1 unspecified atom stereocenters. The van der Waals surface area contributed by atoms with Gasteiger partial charge in [-0.1, -0.05) is 29.8 Å². The van der Waals surface area contributed by atoms with Gasteiger partial charge in [0.1, 0.15) is 10.9 Å². The standard InChI is InChI=1S/C20H17ClN4O3/c1-28-14-4-2-3-13(7-14)18(10-26)25-11-22-17-8-12(5-6-15(17)20(25)27)16-9-23-24-19(16)21/h2-9,11,18,26H,10H2,1H3,(H,23,24). The molecular weight excluding hydrogens is 380 g/mol. The van der Waals surface area contributed by atoms with Gasteiger partial charge in [0.15, 0.2) is 0 Å². The zero-order valence-corrected chi connectivity index (χ0v) is 15.7. The molecule has 0 amide bonds. The fraction of sp³-hybridized carbons (Fsp3) is 0.150. The summed E-state index contributed by atoms with van der Waals surface area (Å²) in [5.74, 6) is 0.652. The van der Waals surface area contributed by atoms with Gasteiger partial charge in [-0.2, -0.15) is 5.10 Å². The van der Waals surface area contributed by atoms with Crippen LogP contribution in [0.25, 0.3) is 22.0 Å². The number of hydrogen-bond acceptors (Lipinski definition) is 5. The van der Waals surface area contributed by atoms with Gasteiger partial charge in [0.05, 0.1) is 43.2 Å². The van der Waals surface area contributed by atoms with E-state index in [0.29, 0.717) is 21.8 Å². The van der Waals surface area contributed by atoms with Gasteiger partial charge >= 0.3 is 0 Å². The number of aromatic nitrogens is 4. The highest BCUT2D eigenvalue weighted by Crippen LogP contribution is 2.27. The number of rotatable bonds is 5. The van der Waals surface area contributed by atoms with Gasteiger partial charge in [-0.25, -0.2) is 4.98 Å². The first-order valence-electron chi connectivity index (χ1n) is 8.57. The second kappa shape index (κ2) is 7.46. The van der Waals surface area contributed by atoms with Crippen LogP contribution in [0.2, 0.25) is 5.15 Å². The van der Waals surface area contributed by atoms with Crippen LogP contribution < -0.4 is 10.3 Å². The Bertz CT molecular complexity index is 1200. The predicted octanol–water partition coefficient (Wildman–Crippen LogP) is 3.03. The van der Waals surface area contributed by atoms with Crippen molar-refractivity contribution in [2.45, 2.75) is 6.04 Å². The smallest absolute Gasteiger partial charge is 0.261 e. The normalized spacial score (nSPS) is 12.2. The average Bonchev–Trinajstić information content (AvgIpc) is 3.16. The average molecular weight is 397 g/mol. The molecule has 0 saturated carbocycles. The molecule has 0 radical (unpaired) electrons. The first kappa shape index (κ1) is 18.2. The Labute approximate surface area is 165 Å². The van der Waals surface area contributed by atoms with Gasteiger partial charge in [-0.3, -0.25) is 14.5 Å². The van der Waals surface area contributed by atoms with E-state index in [1.807, 2.05) is 18.2 Å². The maximum Gasteiger partial charge on any atom is 0.261 e. The molecule has 0 aliphatic carbocycles. The molecule has 0 spiro atoms. The molecule has 0 aliphatic rings. The third-order valence-electron chi connectivity index (χ3n) is 4.67. The van der Waals surface area contributed by atoms with E-state index < -0.39 is 6.04 Å². The number of aliphatic hydroxyl groups excluding tert-OH is 1. The monoisotopic (exact) mass is 396 g/mol. The van der Waals surface area contributed by atoms with Crippen LogP contribution in [0.4, 0.5) is 0 Å². The molecule has 2 aromatic carbocycles. The van der Waals surface area contributed by atoms with E-state index in [2.05, 4.69) is 15.2 Å². The quantitative estimate of drug-likeness (QED) is 0.541. The number of methoxy groups -OCH3 is 1. The number of nitrogens with one attached hydrogen (secondary N) is 1. The predicted molar refractivity (Wildman–Crippen MR) is 107 cm³/mol. The van der Waals surface area contributed by atoms with Gasteiger partial charge in [0, 0.05) is 5.56 Å². The summed E-state index contributed by atoms with van der Waals surface area (Å²) >= 11 is 6.09. The minimum Gasteiger partial charge on any atom is -0.497 e. The van der Waals surface area contributed by atoms with Gasteiger partial charge in [-0.05, 0) is 35.4 Å². The molecule has 0 fully saturated rings. The number of halogens is 1. The largest absolute Gasteiger partial charge is 0.497 e. The van der Waals surface area contributed by atoms with Crippen molar-refractivity contribution in [3.8, 4) is 16.9 Å². The van der Waals surface area contributed by atoms with Crippen molar-refractivity contribution in [2.75, 3.05) is 13.7 Å². The molecule has 8 heteroatoms. The topological polar surface area (TPSA) is 93.0 Å².